The van der Waals surface area contributed by atoms with Crippen LogP contribution in [0.4, 0.5) is 0 Å². The first-order chi connectivity index (χ1) is 10.9. The number of carbonyl (C=O) groups is 1. The van der Waals surface area contributed by atoms with E-state index in [0.717, 1.165) is 12.1 Å². The van der Waals surface area contributed by atoms with E-state index in [0.29, 0.717) is 37.5 Å². The molecule has 0 saturated heterocycles. The maximum absolute atomic E-state index is 11.8. The Bertz CT molecular complexity index is 617. The molecule has 0 atom stereocenters. The van der Waals surface area contributed by atoms with Gasteiger partial charge in [-0.2, -0.15) is 4.98 Å². The van der Waals surface area contributed by atoms with Crippen molar-refractivity contribution >= 4 is 5.91 Å². The summed E-state index contributed by atoms with van der Waals surface area (Å²) in [5, 5.41) is 6.88. The zero-order valence-corrected chi connectivity index (χ0v) is 14.0. The molecular formula is C17H24N4O2. The minimum atomic E-state index is -0.120. The number of carbonyl (C=O) groups excluding carboxylic acids is 1. The number of nitrogens with one attached hydrogen (secondary N) is 1. The Kier molecular flexibility index (Phi) is 5.84. The van der Waals surface area contributed by atoms with Crippen molar-refractivity contribution in [3.8, 4) is 0 Å². The summed E-state index contributed by atoms with van der Waals surface area (Å²) in [7, 11) is 0. The molecule has 124 valence electrons. The normalized spacial score (nSPS) is 11.4. The number of hydrogen-bond donors (Lipinski definition) is 1. The van der Waals surface area contributed by atoms with Crippen molar-refractivity contribution in [1.29, 1.82) is 0 Å². The largest absolute Gasteiger partial charge is 0.356 e. The van der Waals surface area contributed by atoms with Crippen molar-refractivity contribution in [3.05, 3.63) is 41.8 Å². The first-order valence-electron chi connectivity index (χ1n) is 7.95. The molecule has 0 bridgehead atoms. The van der Waals surface area contributed by atoms with E-state index in [1.54, 1.807) is 6.20 Å². The Hall–Kier alpha value is -2.24. The van der Waals surface area contributed by atoms with E-state index in [9.17, 15) is 4.79 Å². The van der Waals surface area contributed by atoms with Crippen LogP contribution in [0.3, 0.4) is 0 Å². The summed E-state index contributed by atoms with van der Waals surface area (Å²) in [6.07, 6.45) is 4.27. The van der Waals surface area contributed by atoms with E-state index in [2.05, 4.69) is 20.4 Å². The van der Waals surface area contributed by atoms with Crippen LogP contribution < -0.4 is 5.32 Å². The first-order valence-corrected chi connectivity index (χ1v) is 7.95. The number of rotatable bonds is 7. The third-order valence-corrected chi connectivity index (χ3v) is 3.36. The van der Waals surface area contributed by atoms with E-state index in [4.69, 9.17) is 4.52 Å². The van der Waals surface area contributed by atoms with Gasteiger partial charge in [-0.25, -0.2) is 0 Å². The average Bonchev–Trinajstić information content (AvgIpc) is 2.97. The van der Waals surface area contributed by atoms with Gasteiger partial charge in [-0.15, -0.1) is 0 Å². The molecule has 0 spiro atoms. The van der Waals surface area contributed by atoms with Crippen LogP contribution in [0.5, 0.6) is 0 Å². The molecule has 0 saturated carbocycles. The summed E-state index contributed by atoms with van der Waals surface area (Å²) in [4.78, 5) is 20.4. The van der Waals surface area contributed by atoms with Gasteiger partial charge < -0.3 is 9.84 Å². The molecule has 6 heteroatoms. The van der Waals surface area contributed by atoms with Gasteiger partial charge in [-0.3, -0.25) is 9.78 Å². The summed E-state index contributed by atoms with van der Waals surface area (Å²) in [5.74, 6) is 1.33. The van der Waals surface area contributed by atoms with Crippen LogP contribution in [0, 0.1) is 0 Å². The molecule has 0 fully saturated rings. The molecule has 0 aromatic carbocycles. The van der Waals surface area contributed by atoms with Crippen LogP contribution >= 0.6 is 0 Å². The van der Waals surface area contributed by atoms with Crippen LogP contribution in [-0.4, -0.2) is 27.6 Å². The molecule has 2 aromatic rings. The molecule has 2 aromatic heterocycles. The molecule has 0 radical (unpaired) electrons. The lowest BCUT2D eigenvalue weighted by Crippen LogP contribution is -2.25. The predicted octanol–water partition coefficient (Wildman–Crippen LogP) is 2.44. The van der Waals surface area contributed by atoms with E-state index in [1.807, 2.05) is 39.0 Å². The van der Waals surface area contributed by atoms with Gasteiger partial charge in [0, 0.05) is 43.1 Å². The number of aryl methyl sites for hydroxylation is 1. The summed E-state index contributed by atoms with van der Waals surface area (Å²) >= 11 is 0. The van der Waals surface area contributed by atoms with Crippen molar-refractivity contribution in [3.63, 3.8) is 0 Å². The van der Waals surface area contributed by atoms with Crippen molar-refractivity contribution in [2.45, 2.75) is 51.9 Å². The van der Waals surface area contributed by atoms with Crippen LogP contribution in [-0.2, 0) is 23.1 Å². The Balaban J connectivity index is 1.64. The molecular weight excluding hydrogens is 292 g/mol. The molecule has 0 unspecified atom stereocenters. The fraction of sp³-hybridized carbons (Fsp3) is 0.529. The lowest BCUT2D eigenvalue weighted by Gasteiger charge is -2.10. The van der Waals surface area contributed by atoms with Gasteiger partial charge in [0.15, 0.2) is 5.82 Å². The van der Waals surface area contributed by atoms with Gasteiger partial charge in [-0.1, -0.05) is 32.0 Å². The van der Waals surface area contributed by atoms with Crippen molar-refractivity contribution in [2.75, 3.05) is 6.54 Å². The lowest BCUT2D eigenvalue weighted by atomic mass is 9.96. The zero-order chi connectivity index (χ0) is 16.7. The predicted molar refractivity (Wildman–Crippen MR) is 86.9 cm³/mol. The molecule has 0 aliphatic rings. The second kappa shape index (κ2) is 7.85. The highest BCUT2D eigenvalue weighted by atomic mass is 16.5. The second-order valence-electron chi connectivity index (χ2n) is 6.54. The quantitative estimate of drug-likeness (QED) is 0.848. The van der Waals surface area contributed by atoms with Crippen molar-refractivity contribution in [1.82, 2.24) is 20.4 Å². The molecule has 0 aliphatic heterocycles. The summed E-state index contributed by atoms with van der Waals surface area (Å²) in [6.45, 7) is 6.72. The highest BCUT2D eigenvalue weighted by molar-refractivity contribution is 5.75. The third kappa shape index (κ3) is 5.81. The number of nitrogens with zero attached hydrogens (tertiary/aromatic N) is 3. The fourth-order valence-electron chi connectivity index (χ4n) is 2.03. The van der Waals surface area contributed by atoms with Gasteiger partial charge in [0.25, 0.3) is 0 Å². The lowest BCUT2D eigenvalue weighted by molar-refractivity contribution is -0.121. The maximum Gasteiger partial charge on any atom is 0.226 e. The molecule has 1 amide bonds. The molecule has 2 rings (SSSR count). The van der Waals surface area contributed by atoms with Crippen LogP contribution in [0.1, 0.15) is 51.0 Å². The van der Waals surface area contributed by atoms with Gasteiger partial charge in [0.1, 0.15) is 0 Å². The fourth-order valence-corrected chi connectivity index (χ4v) is 2.03. The van der Waals surface area contributed by atoms with E-state index in [1.165, 1.54) is 0 Å². The molecule has 2 heterocycles. The Morgan fingerprint density at radius 2 is 2.09 bits per heavy atom. The minimum absolute atomic E-state index is 0.0384. The first kappa shape index (κ1) is 17.1. The van der Waals surface area contributed by atoms with Crippen LogP contribution in [0.25, 0.3) is 0 Å². The van der Waals surface area contributed by atoms with Gasteiger partial charge in [0.2, 0.25) is 11.8 Å². The van der Waals surface area contributed by atoms with Gasteiger partial charge in [0.05, 0.1) is 0 Å². The number of pyridine rings is 1. The van der Waals surface area contributed by atoms with E-state index in [-0.39, 0.29) is 11.3 Å². The Morgan fingerprint density at radius 1 is 1.26 bits per heavy atom. The Morgan fingerprint density at radius 3 is 2.74 bits per heavy atom. The zero-order valence-electron chi connectivity index (χ0n) is 14.0. The number of amides is 1. The van der Waals surface area contributed by atoms with Gasteiger partial charge in [-0.05, 0) is 18.6 Å². The number of aromatic nitrogens is 3. The topological polar surface area (TPSA) is 80.9 Å². The highest BCUT2D eigenvalue weighted by Crippen LogP contribution is 2.18. The molecule has 6 nitrogen and oxygen atoms in total. The highest BCUT2D eigenvalue weighted by Gasteiger charge is 2.20. The standard InChI is InChI=1S/C17H24N4O2/c1-17(2,3)16-20-15(23-21-16)9-6-8-14(22)19-12-10-13-7-4-5-11-18-13/h4-5,7,11H,6,8-10,12H2,1-3H3,(H,19,22). The monoisotopic (exact) mass is 316 g/mol. The van der Waals surface area contributed by atoms with E-state index < -0.39 is 0 Å². The van der Waals surface area contributed by atoms with Crippen LogP contribution in [0.15, 0.2) is 28.9 Å². The molecule has 1 N–H and O–H groups in total. The average molecular weight is 316 g/mol. The smallest absolute Gasteiger partial charge is 0.226 e. The number of hydrogen-bond acceptors (Lipinski definition) is 5. The summed E-state index contributed by atoms with van der Waals surface area (Å²) < 4.78 is 5.21. The molecule has 0 aliphatic carbocycles. The summed E-state index contributed by atoms with van der Waals surface area (Å²) in [6, 6.07) is 5.78. The van der Waals surface area contributed by atoms with Gasteiger partial charge >= 0.3 is 0 Å². The Labute approximate surface area is 136 Å². The molecule has 23 heavy (non-hydrogen) atoms. The maximum atomic E-state index is 11.8. The minimum Gasteiger partial charge on any atom is -0.356 e. The van der Waals surface area contributed by atoms with Crippen LogP contribution in [0.2, 0.25) is 0 Å². The summed E-state index contributed by atoms with van der Waals surface area (Å²) in [5.41, 5.74) is 0.860. The SMILES string of the molecule is CC(C)(C)c1noc(CCCC(=O)NCCc2ccccn2)n1. The van der Waals surface area contributed by atoms with E-state index >= 15 is 0 Å². The van der Waals surface area contributed by atoms with Crippen molar-refractivity contribution in [2.24, 2.45) is 0 Å². The third-order valence-electron chi connectivity index (χ3n) is 3.36. The second-order valence-corrected chi connectivity index (χ2v) is 6.54. The van der Waals surface area contributed by atoms with Crippen molar-refractivity contribution < 1.29 is 9.32 Å².